The minimum absolute atomic E-state index is 0.591. The maximum absolute atomic E-state index is 4.98. The first-order valence-electron chi connectivity index (χ1n) is 5.34. The summed E-state index contributed by atoms with van der Waals surface area (Å²) in [5.41, 5.74) is 0.591. The van der Waals surface area contributed by atoms with E-state index in [1.807, 2.05) is 0 Å². The number of hydrogen-bond acceptors (Lipinski definition) is 2. The van der Waals surface area contributed by atoms with Crippen LogP contribution in [0.1, 0.15) is 33.1 Å². The SMILES string of the molecule is COCCNCC1CCC(C)(C)C1. The van der Waals surface area contributed by atoms with Crippen LogP contribution in [0.3, 0.4) is 0 Å². The summed E-state index contributed by atoms with van der Waals surface area (Å²) in [6.07, 6.45) is 4.17. The van der Waals surface area contributed by atoms with Crippen LogP contribution in [0.4, 0.5) is 0 Å². The molecule has 0 bridgehead atoms. The van der Waals surface area contributed by atoms with E-state index in [4.69, 9.17) is 4.74 Å². The Hall–Kier alpha value is -0.0800. The lowest BCUT2D eigenvalue weighted by Gasteiger charge is -2.17. The van der Waals surface area contributed by atoms with E-state index >= 15 is 0 Å². The quantitative estimate of drug-likeness (QED) is 0.662. The first kappa shape index (κ1) is 11.0. The Morgan fingerprint density at radius 3 is 2.77 bits per heavy atom. The van der Waals surface area contributed by atoms with Gasteiger partial charge in [0.2, 0.25) is 0 Å². The number of ether oxygens (including phenoxy) is 1. The van der Waals surface area contributed by atoms with Crippen molar-refractivity contribution >= 4 is 0 Å². The molecule has 2 heteroatoms. The van der Waals surface area contributed by atoms with Crippen molar-refractivity contribution in [2.24, 2.45) is 11.3 Å². The van der Waals surface area contributed by atoms with Crippen molar-refractivity contribution in [3.05, 3.63) is 0 Å². The van der Waals surface area contributed by atoms with Crippen LogP contribution in [0, 0.1) is 11.3 Å². The predicted molar refractivity (Wildman–Crippen MR) is 55.9 cm³/mol. The second-order valence-corrected chi connectivity index (χ2v) is 4.97. The molecule has 78 valence electrons. The molecule has 0 aromatic carbocycles. The van der Waals surface area contributed by atoms with Gasteiger partial charge in [0, 0.05) is 13.7 Å². The van der Waals surface area contributed by atoms with Crippen LogP contribution in [0.2, 0.25) is 0 Å². The molecule has 0 amide bonds. The molecule has 0 aromatic heterocycles. The molecule has 1 aliphatic rings. The normalized spacial score (nSPS) is 26.5. The fourth-order valence-corrected chi connectivity index (χ4v) is 2.24. The van der Waals surface area contributed by atoms with Gasteiger partial charge in [0.15, 0.2) is 0 Å². The van der Waals surface area contributed by atoms with Crippen LogP contribution in [-0.2, 0) is 4.74 Å². The molecule has 1 atom stereocenters. The zero-order valence-corrected chi connectivity index (χ0v) is 9.23. The van der Waals surface area contributed by atoms with Crippen molar-refractivity contribution in [3.63, 3.8) is 0 Å². The van der Waals surface area contributed by atoms with Crippen molar-refractivity contribution in [2.75, 3.05) is 26.8 Å². The average molecular weight is 185 g/mol. The zero-order valence-electron chi connectivity index (χ0n) is 9.23. The Labute approximate surface area is 82.0 Å². The van der Waals surface area contributed by atoms with Crippen molar-refractivity contribution in [2.45, 2.75) is 33.1 Å². The summed E-state index contributed by atoms with van der Waals surface area (Å²) in [5.74, 6) is 0.895. The maximum atomic E-state index is 4.98. The smallest absolute Gasteiger partial charge is 0.0587 e. The molecule has 1 unspecified atom stereocenters. The molecular formula is C11H23NO. The van der Waals surface area contributed by atoms with Gasteiger partial charge in [0.05, 0.1) is 6.61 Å². The van der Waals surface area contributed by atoms with Crippen molar-refractivity contribution in [3.8, 4) is 0 Å². The first-order chi connectivity index (χ1) is 6.14. The summed E-state index contributed by atoms with van der Waals surface area (Å²) in [5, 5.41) is 3.44. The molecule has 13 heavy (non-hydrogen) atoms. The Morgan fingerprint density at radius 1 is 1.46 bits per heavy atom. The fraction of sp³-hybridized carbons (Fsp3) is 1.00. The highest BCUT2D eigenvalue weighted by Crippen LogP contribution is 2.40. The van der Waals surface area contributed by atoms with Crippen molar-refractivity contribution in [1.29, 1.82) is 0 Å². The van der Waals surface area contributed by atoms with Gasteiger partial charge < -0.3 is 10.1 Å². The molecule has 1 fully saturated rings. The zero-order chi connectivity index (χ0) is 9.73. The molecule has 1 saturated carbocycles. The molecule has 0 aliphatic heterocycles. The van der Waals surface area contributed by atoms with Gasteiger partial charge in [-0.15, -0.1) is 0 Å². The van der Waals surface area contributed by atoms with E-state index in [1.165, 1.54) is 25.8 Å². The van der Waals surface area contributed by atoms with Gasteiger partial charge in [-0.2, -0.15) is 0 Å². The molecular weight excluding hydrogens is 162 g/mol. The molecule has 0 aromatic rings. The van der Waals surface area contributed by atoms with Crippen molar-refractivity contribution in [1.82, 2.24) is 5.32 Å². The lowest BCUT2D eigenvalue weighted by molar-refractivity contribution is 0.197. The molecule has 1 rings (SSSR count). The number of methoxy groups -OCH3 is 1. The number of nitrogens with one attached hydrogen (secondary N) is 1. The second-order valence-electron chi connectivity index (χ2n) is 4.97. The molecule has 0 radical (unpaired) electrons. The predicted octanol–water partition coefficient (Wildman–Crippen LogP) is 2.05. The van der Waals surface area contributed by atoms with Crippen LogP contribution in [0.25, 0.3) is 0 Å². The summed E-state index contributed by atoms with van der Waals surface area (Å²) in [6, 6.07) is 0. The second kappa shape index (κ2) is 4.97. The van der Waals surface area contributed by atoms with E-state index in [2.05, 4.69) is 19.2 Å². The summed E-state index contributed by atoms with van der Waals surface area (Å²) in [7, 11) is 1.75. The Kier molecular flexibility index (Phi) is 4.20. The standard InChI is InChI=1S/C11H23NO/c1-11(2)5-4-10(8-11)9-12-6-7-13-3/h10,12H,4-9H2,1-3H3. The summed E-state index contributed by atoms with van der Waals surface area (Å²) < 4.78 is 4.98. The first-order valence-corrected chi connectivity index (χ1v) is 5.34. The van der Waals surface area contributed by atoms with E-state index in [0.717, 1.165) is 19.1 Å². The van der Waals surface area contributed by atoms with Gasteiger partial charge >= 0.3 is 0 Å². The molecule has 2 nitrogen and oxygen atoms in total. The number of hydrogen-bond donors (Lipinski definition) is 1. The minimum atomic E-state index is 0.591. The topological polar surface area (TPSA) is 21.3 Å². The van der Waals surface area contributed by atoms with Gasteiger partial charge in [0.25, 0.3) is 0 Å². The highest BCUT2D eigenvalue weighted by atomic mass is 16.5. The maximum Gasteiger partial charge on any atom is 0.0587 e. The lowest BCUT2D eigenvalue weighted by atomic mass is 9.90. The highest BCUT2D eigenvalue weighted by molar-refractivity contribution is 4.82. The van der Waals surface area contributed by atoms with Gasteiger partial charge in [-0.3, -0.25) is 0 Å². The average Bonchev–Trinajstić information content (AvgIpc) is 2.40. The summed E-state index contributed by atoms with van der Waals surface area (Å²) >= 11 is 0. The summed E-state index contributed by atoms with van der Waals surface area (Å²) in [6.45, 7) is 7.75. The van der Waals surface area contributed by atoms with E-state index < -0.39 is 0 Å². The van der Waals surface area contributed by atoms with Crippen LogP contribution >= 0.6 is 0 Å². The van der Waals surface area contributed by atoms with Crippen LogP contribution in [0.15, 0.2) is 0 Å². The summed E-state index contributed by atoms with van der Waals surface area (Å²) in [4.78, 5) is 0. The Bertz CT molecular complexity index is 145. The molecule has 0 saturated heterocycles. The van der Waals surface area contributed by atoms with Crippen molar-refractivity contribution < 1.29 is 4.74 Å². The largest absolute Gasteiger partial charge is 0.383 e. The molecule has 1 aliphatic carbocycles. The molecule has 1 N–H and O–H groups in total. The van der Waals surface area contributed by atoms with Gasteiger partial charge in [0.1, 0.15) is 0 Å². The Balaban J connectivity index is 2.04. The third kappa shape index (κ3) is 4.10. The van der Waals surface area contributed by atoms with Gasteiger partial charge in [-0.1, -0.05) is 13.8 Å². The van der Waals surface area contributed by atoms with Crippen LogP contribution < -0.4 is 5.32 Å². The van der Waals surface area contributed by atoms with Gasteiger partial charge in [-0.05, 0) is 37.1 Å². The number of rotatable bonds is 5. The third-order valence-corrected chi connectivity index (χ3v) is 2.99. The Morgan fingerprint density at radius 2 is 2.23 bits per heavy atom. The minimum Gasteiger partial charge on any atom is -0.383 e. The van der Waals surface area contributed by atoms with E-state index in [0.29, 0.717) is 5.41 Å². The third-order valence-electron chi connectivity index (χ3n) is 2.99. The fourth-order valence-electron chi connectivity index (χ4n) is 2.24. The van der Waals surface area contributed by atoms with Crippen LogP contribution in [-0.4, -0.2) is 26.8 Å². The van der Waals surface area contributed by atoms with E-state index in [1.54, 1.807) is 7.11 Å². The molecule has 0 heterocycles. The molecule has 0 spiro atoms. The lowest BCUT2D eigenvalue weighted by Crippen LogP contribution is -2.25. The van der Waals surface area contributed by atoms with E-state index in [-0.39, 0.29) is 0 Å². The highest BCUT2D eigenvalue weighted by Gasteiger charge is 2.30. The van der Waals surface area contributed by atoms with Gasteiger partial charge in [-0.25, -0.2) is 0 Å². The monoisotopic (exact) mass is 185 g/mol. The van der Waals surface area contributed by atoms with Crippen LogP contribution in [0.5, 0.6) is 0 Å². The van der Waals surface area contributed by atoms with E-state index in [9.17, 15) is 0 Å².